The lowest BCUT2D eigenvalue weighted by atomic mass is 10.2. The Labute approximate surface area is 395 Å². The molecule has 0 spiro atoms. The third-order valence-electron chi connectivity index (χ3n) is 11.0. The van der Waals surface area contributed by atoms with Crippen LogP contribution in [0.15, 0.2) is 97.6 Å². The van der Waals surface area contributed by atoms with Gasteiger partial charge in [-0.1, -0.05) is 38.1 Å². The van der Waals surface area contributed by atoms with E-state index in [0.29, 0.717) is 98.2 Å². The van der Waals surface area contributed by atoms with Crippen LogP contribution in [0.2, 0.25) is 0 Å². The molecule has 2 aliphatic heterocycles. The Morgan fingerprint density at radius 2 is 1.07 bits per heavy atom. The van der Waals surface area contributed by atoms with Crippen molar-refractivity contribution in [2.24, 2.45) is 14.1 Å². The fraction of sp³-hybridized carbons (Fsp3) is 0.277. The molecule has 0 aliphatic carbocycles. The number of amides is 4. The van der Waals surface area contributed by atoms with E-state index in [1.54, 1.807) is 101 Å². The molecule has 10 rings (SSSR count). The van der Waals surface area contributed by atoms with Crippen LogP contribution in [-0.4, -0.2) is 147 Å². The van der Waals surface area contributed by atoms with Gasteiger partial charge in [0.2, 0.25) is 0 Å². The molecular weight excluding hydrogens is 887 g/mol. The predicted molar refractivity (Wildman–Crippen MR) is 252 cm³/mol. The Morgan fingerprint density at radius 1 is 0.623 bits per heavy atom. The molecule has 3 N–H and O–H groups in total. The Morgan fingerprint density at radius 3 is 1.52 bits per heavy atom. The molecule has 0 unspecified atom stereocenters. The highest BCUT2D eigenvalue weighted by Gasteiger charge is 2.29. The van der Waals surface area contributed by atoms with Crippen LogP contribution in [0.25, 0.3) is 34.1 Å². The Bertz CT molecular complexity index is 3140. The van der Waals surface area contributed by atoms with Crippen molar-refractivity contribution in [2.45, 2.75) is 13.8 Å². The number of rotatable bonds is 9. The zero-order valence-corrected chi connectivity index (χ0v) is 38.6. The molecule has 4 amide bonds. The summed E-state index contributed by atoms with van der Waals surface area (Å²) in [6.07, 6.45) is 6.22. The lowest BCUT2D eigenvalue weighted by Crippen LogP contribution is -2.41. The van der Waals surface area contributed by atoms with Crippen molar-refractivity contribution >= 4 is 46.3 Å². The normalized spacial score (nSPS) is 13.5. The van der Waals surface area contributed by atoms with Crippen LogP contribution in [-0.2, 0) is 23.6 Å². The fourth-order valence-corrected chi connectivity index (χ4v) is 7.55. The molecule has 8 heterocycles. The molecule has 22 nitrogen and oxygen atoms in total. The van der Waals surface area contributed by atoms with Crippen LogP contribution in [0.1, 0.15) is 55.5 Å². The number of phenols is 1. The molecular formula is C47H50N14O8. The number of nitrogens with zero attached hydrogens (tertiary/aromatic N) is 12. The van der Waals surface area contributed by atoms with E-state index in [2.05, 4.69) is 41.0 Å². The van der Waals surface area contributed by atoms with E-state index in [0.717, 1.165) is 5.56 Å². The number of nitrogens with one attached hydrogen (secondary N) is 2. The highest BCUT2D eigenvalue weighted by molar-refractivity contribution is 6.12. The van der Waals surface area contributed by atoms with Crippen LogP contribution < -0.4 is 15.4 Å². The summed E-state index contributed by atoms with van der Waals surface area (Å²) < 4.78 is 21.9. The second kappa shape index (κ2) is 21.0. The molecule has 356 valence electrons. The minimum atomic E-state index is -0.455. The lowest BCUT2D eigenvalue weighted by molar-refractivity contribution is 0.0300. The minimum absolute atomic E-state index is 0.123. The highest BCUT2D eigenvalue weighted by atomic mass is 16.5. The molecule has 0 bridgehead atoms. The van der Waals surface area contributed by atoms with Gasteiger partial charge in [0.05, 0.1) is 57.1 Å². The standard InChI is InChI=1S/C23H23N7O4.C22H21N7O4.C2H6/c1-28-20(18(14-24-28)23(32)29-8-10-34-11-9-29)22(31)25-16-6-7-30-19(13-16)26-21(27-30)15-4-3-5-17(12-15)33-2;1-27-19(17(13-23-27)22(32)28-7-9-33-10-8-28)21(31)24-15-5-6-29-18(12-15)25-20(26-29)14-3-2-4-16(30)11-14;1-2/h3-7,12-14H,8-11H2,1-2H3,(H,25,31);2-6,11-13,30H,7-10H2,1H3,(H,24,31);1-2H3/i2-1;;1-1. The summed E-state index contributed by atoms with van der Waals surface area (Å²) in [6, 6.07) is 20.9. The van der Waals surface area contributed by atoms with Crippen molar-refractivity contribution in [1.82, 2.24) is 58.6 Å². The zero-order valence-electron chi connectivity index (χ0n) is 38.6. The first-order chi connectivity index (χ1) is 33.5. The predicted octanol–water partition coefficient (Wildman–Crippen LogP) is 4.45. The van der Waals surface area contributed by atoms with Crippen LogP contribution in [0, 0.1) is 0 Å². The lowest BCUT2D eigenvalue weighted by Gasteiger charge is -2.26. The van der Waals surface area contributed by atoms with Gasteiger partial charge in [0.1, 0.15) is 22.9 Å². The van der Waals surface area contributed by atoms with Crippen molar-refractivity contribution in [2.75, 3.05) is 70.3 Å². The molecule has 2 fully saturated rings. The number of pyridine rings is 2. The average molecular weight is 937 g/mol. The molecule has 2 aromatic carbocycles. The number of phenolic OH excluding ortho intramolecular Hbond substituents is 1. The quantitative estimate of drug-likeness (QED) is 0.181. The van der Waals surface area contributed by atoms with E-state index in [-0.39, 0.29) is 40.1 Å². The summed E-state index contributed by atoms with van der Waals surface area (Å²) in [5.41, 5.74) is 4.44. The van der Waals surface area contributed by atoms with Gasteiger partial charge in [-0.25, -0.2) is 19.0 Å². The number of ether oxygens (including phenoxy) is 3. The van der Waals surface area contributed by atoms with E-state index in [1.807, 2.05) is 38.1 Å². The van der Waals surface area contributed by atoms with Gasteiger partial charge < -0.3 is 39.8 Å². The number of fused-ring (bicyclic) bond motifs is 2. The Hall–Kier alpha value is -8.50. The van der Waals surface area contributed by atoms with Gasteiger partial charge in [0, 0.05) is 87.3 Å². The minimum Gasteiger partial charge on any atom is -0.508 e. The van der Waals surface area contributed by atoms with E-state index in [4.69, 9.17) is 14.2 Å². The van der Waals surface area contributed by atoms with E-state index in [1.165, 1.54) is 21.8 Å². The smallest absolute Gasteiger partial charge is 0.274 e. The summed E-state index contributed by atoms with van der Waals surface area (Å²) in [7, 11) is 4.86. The maximum absolute atomic E-state index is 13.1. The molecule has 2 saturated heterocycles. The second-order valence-electron chi connectivity index (χ2n) is 15.4. The molecule has 69 heavy (non-hydrogen) atoms. The second-order valence-corrected chi connectivity index (χ2v) is 15.4. The summed E-state index contributed by atoms with van der Waals surface area (Å²) in [5, 5.41) is 32.5. The van der Waals surface area contributed by atoms with Gasteiger partial charge >= 0.3 is 0 Å². The van der Waals surface area contributed by atoms with Gasteiger partial charge in [0.15, 0.2) is 22.9 Å². The van der Waals surface area contributed by atoms with Gasteiger partial charge in [-0.2, -0.15) is 10.2 Å². The van der Waals surface area contributed by atoms with Crippen LogP contribution in [0.5, 0.6) is 11.5 Å². The molecule has 0 atom stereocenters. The number of benzene rings is 2. The van der Waals surface area contributed by atoms with Gasteiger partial charge in [-0.05, 0) is 36.4 Å². The zero-order chi connectivity index (χ0) is 48.6. The topological polar surface area (TPSA) is 243 Å². The fourth-order valence-electron chi connectivity index (χ4n) is 7.55. The SMILES string of the molecule is C[11CH3].Cn1ncc(C(=O)N2CCOCC2)c1C(=O)Nc1ccn2nc(-c3cccc(O)c3)nc2c1.Cn1ncc(C(=O)N2CCOCC2)c1C(=O)Nc1ccn2nc(-c3cccc(O[11CH3])c3)nc2c1. The summed E-state index contributed by atoms with van der Waals surface area (Å²) in [5.74, 6) is 0.433. The maximum atomic E-state index is 13.1. The number of carbonyl (C=O) groups excluding carboxylic acids is 4. The third-order valence-corrected chi connectivity index (χ3v) is 11.0. The Balaban J connectivity index is 0.000000180. The molecule has 22 heteroatoms. The molecule has 6 aromatic heterocycles. The van der Waals surface area contributed by atoms with Crippen molar-refractivity contribution in [3.05, 3.63) is 120 Å². The first-order valence-electron chi connectivity index (χ1n) is 22.1. The first-order valence-corrected chi connectivity index (χ1v) is 22.1. The summed E-state index contributed by atoms with van der Waals surface area (Å²) in [4.78, 5) is 64.4. The largest absolute Gasteiger partial charge is 0.508 e. The average Bonchev–Trinajstić information content (AvgIpc) is 4.19. The van der Waals surface area contributed by atoms with Crippen LogP contribution in [0.3, 0.4) is 0 Å². The van der Waals surface area contributed by atoms with Gasteiger partial charge in [-0.3, -0.25) is 28.5 Å². The highest BCUT2D eigenvalue weighted by Crippen LogP contribution is 2.25. The number of morpholine rings is 2. The number of aromatic hydroxyl groups is 1. The number of aromatic nitrogens is 10. The van der Waals surface area contributed by atoms with Gasteiger partial charge in [0.25, 0.3) is 23.6 Å². The van der Waals surface area contributed by atoms with Gasteiger partial charge in [-0.15, -0.1) is 10.2 Å². The van der Waals surface area contributed by atoms with Crippen molar-refractivity contribution in [3.8, 4) is 34.3 Å². The molecule has 0 radical (unpaired) electrons. The number of anilines is 2. The molecule has 8 aromatic rings. The number of aryl methyl sites for hydroxylation is 2. The summed E-state index contributed by atoms with van der Waals surface area (Å²) in [6.45, 7) is 7.79. The van der Waals surface area contributed by atoms with Crippen LogP contribution in [0.4, 0.5) is 11.4 Å². The third kappa shape index (κ3) is 10.4. The number of hydrogen-bond acceptors (Lipinski definition) is 14. The van der Waals surface area contributed by atoms with Crippen molar-refractivity contribution in [3.63, 3.8) is 0 Å². The number of carbonyl (C=O) groups is 4. The first kappa shape index (κ1) is 47.0. The van der Waals surface area contributed by atoms with E-state index < -0.39 is 11.8 Å². The van der Waals surface area contributed by atoms with E-state index >= 15 is 0 Å². The maximum Gasteiger partial charge on any atom is 0.274 e. The molecule has 2 aliphatic rings. The molecule has 0 saturated carbocycles. The summed E-state index contributed by atoms with van der Waals surface area (Å²) >= 11 is 0. The van der Waals surface area contributed by atoms with Crippen molar-refractivity contribution < 1.29 is 38.5 Å². The number of methoxy groups -OCH3 is 1. The Kier molecular flexibility index (Phi) is 14.3. The van der Waals surface area contributed by atoms with E-state index in [9.17, 15) is 24.3 Å². The number of hydrogen-bond donors (Lipinski definition) is 3. The van der Waals surface area contributed by atoms with Crippen LogP contribution >= 0.6 is 0 Å². The monoisotopic (exact) mass is 936 g/mol. The van der Waals surface area contributed by atoms with Crippen molar-refractivity contribution in [1.29, 1.82) is 0 Å².